The zero-order valence-corrected chi connectivity index (χ0v) is 12.7. The molecule has 0 aliphatic carbocycles. The second kappa shape index (κ2) is 10.3. The van der Waals surface area contributed by atoms with Gasteiger partial charge in [0.25, 0.3) is 0 Å². The molecule has 0 heterocycles. The molecule has 6 heteroatoms. The number of carboxylic acids is 2. The van der Waals surface area contributed by atoms with Crippen molar-refractivity contribution < 1.29 is 19.8 Å². The van der Waals surface area contributed by atoms with Crippen molar-refractivity contribution >= 4 is 22.7 Å². The molecule has 2 aromatic rings. The van der Waals surface area contributed by atoms with Crippen LogP contribution in [0.15, 0.2) is 36.4 Å². The van der Waals surface area contributed by atoms with Crippen LogP contribution < -0.4 is 11.5 Å². The number of carbonyl (C=O) groups is 2. The minimum absolute atomic E-state index is 0.161. The summed E-state index contributed by atoms with van der Waals surface area (Å²) in [5, 5.41) is 19.1. The van der Waals surface area contributed by atoms with E-state index in [1.165, 1.54) is 6.07 Å². The third-order valence-electron chi connectivity index (χ3n) is 2.37. The fourth-order valence-electron chi connectivity index (χ4n) is 1.68. The highest BCUT2D eigenvalue weighted by atomic mass is 16.4. The molecule has 0 aromatic heterocycles. The average molecular weight is 306 g/mol. The van der Waals surface area contributed by atoms with Gasteiger partial charge >= 0.3 is 11.9 Å². The maximum atomic E-state index is 11.1. The Hall–Kier alpha value is -2.44. The Bertz CT molecular complexity index is 625. The molecule has 0 spiro atoms. The van der Waals surface area contributed by atoms with Crippen molar-refractivity contribution in [3.05, 3.63) is 47.5 Å². The van der Waals surface area contributed by atoms with Gasteiger partial charge in [-0.2, -0.15) is 0 Å². The topological polar surface area (TPSA) is 127 Å². The van der Waals surface area contributed by atoms with Gasteiger partial charge in [-0.25, -0.2) is 9.59 Å². The maximum absolute atomic E-state index is 11.1. The number of carboxylic acid groups (broad SMARTS) is 2. The molecule has 120 valence electrons. The van der Waals surface area contributed by atoms with E-state index in [2.05, 4.69) is 0 Å². The Balaban J connectivity index is 0.000000639. The van der Waals surface area contributed by atoms with Crippen LogP contribution in [-0.2, 0) is 0 Å². The molecule has 0 amide bonds. The van der Waals surface area contributed by atoms with Gasteiger partial charge in [0, 0.05) is 0 Å². The van der Waals surface area contributed by atoms with E-state index in [0.29, 0.717) is 10.8 Å². The van der Waals surface area contributed by atoms with Gasteiger partial charge in [0.2, 0.25) is 0 Å². The van der Waals surface area contributed by atoms with Crippen LogP contribution in [0.5, 0.6) is 0 Å². The molecule has 0 saturated carbocycles. The highest BCUT2D eigenvalue weighted by Gasteiger charge is 2.18. The van der Waals surface area contributed by atoms with E-state index >= 15 is 0 Å². The molecule has 0 fully saturated rings. The molecular weight excluding hydrogens is 284 g/mol. The lowest BCUT2D eigenvalue weighted by atomic mass is 9.99. The number of benzene rings is 2. The van der Waals surface area contributed by atoms with Crippen molar-refractivity contribution in [1.29, 1.82) is 0 Å². The first-order chi connectivity index (χ1) is 10.4. The second-order valence-electron chi connectivity index (χ2n) is 4.14. The molecule has 2 aromatic carbocycles. The normalized spacial score (nSPS) is 9.09. The highest BCUT2D eigenvalue weighted by Crippen LogP contribution is 2.22. The van der Waals surface area contributed by atoms with E-state index in [1.54, 1.807) is 30.3 Å². The van der Waals surface area contributed by atoms with Crippen LogP contribution in [-0.4, -0.2) is 35.2 Å². The Morgan fingerprint density at radius 3 is 1.86 bits per heavy atom. The van der Waals surface area contributed by atoms with Crippen LogP contribution in [0.2, 0.25) is 0 Å². The van der Waals surface area contributed by atoms with E-state index in [-0.39, 0.29) is 11.1 Å². The van der Waals surface area contributed by atoms with Gasteiger partial charge in [0.1, 0.15) is 0 Å². The molecule has 0 radical (unpaired) electrons. The van der Waals surface area contributed by atoms with E-state index in [1.807, 2.05) is 13.8 Å². The zero-order valence-electron chi connectivity index (χ0n) is 12.7. The monoisotopic (exact) mass is 306 g/mol. The summed E-state index contributed by atoms with van der Waals surface area (Å²) in [6.07, 6.45) is 0. The van der Waals surface area contributed by atoms with Crippen LogP contribution in [0.1, 0.15) is 34.6 Å². The summed E-state index contributed by atoms with van der Waals surface area (Å²) in [6, 6.07) is 9.72. The number of rotatable bonds is 2. The lowest BCUT2D eigenvalue weighted by Gasteiger charge is -2.05. The molecule has 6 N–H and O–H groups in total. The minimum atomic E-state index is -1.23. The maximum Gasteiger partial charge on any atom is 0.337 e. The van der Waals surface area contributed by atoms with Crippen LogP contribution >= 0.6 is 0 Å². The first-order valence-electron chi connectivity index (χ1n) is 6.82. The standard InChI is InChI=1S/C12H8O4.2C2H7N/c13-11(14)9-6-5-7-3-1-2-4-8(7)10(9)12(15)16;2*1-2-3/h1-6H,(H,13,14)(H,15,16);2*2-3H2,1H3. The van der Waals surface area contributed by atoms with Crippen molar-refractivity contribution in [2.24, 2.45) is 11.5 Å². The fraction of sp³-hybridized carbons (Fsp3) is 0.250. The Kier molecular flexibility index (Phi) is 9.17. The SMILES string of the molecule is CCN.CCN.O=C(O)c1ccc2ccccc2c1C(=O)O. The van der Waals surface area contributed by atoms with Crippen molar-refractivity contribution in [1.82, 2.24) is 0 Å². The number of hydrogen-bond donors (Lipinski definition) is 4. The Morgan fingerprint density at radius 1 is 0.909 bits per heavy atom. The lowest BCUT2D eigenvalue weighted by Crippen LogP contribution is -2.08. The quantitative estimate of drug-likeness (QED) is 0.673. The molecule has 2 rings (SSSR count). The molecular formula is C16H22N2O4. The molecule has 0 unspecified atom stereocenters. The third-order valence-corrected chi connectivity index (χ3v) is 2.37. The predicted molar refractivity (Wildman–Crippen MR) is 87.3 cm³/mol. The number of hydrogen-bond acceptors (Lipinski definition) is 4. The Labute approximate surface area is 129 Å². The summed E-state index contributed by atoms with van der Waals surface area (Å²) < 4.78 is 0. The lowest BCUT2D eigenvalue weighted by molar-refractivity contribution is 0.0653. The van der Waals surface area contributed by atoms with Crippen molar-refractivity contribution in [3.63, 3.8) is 0 Å². The van der Waals surface area contributed by atoms with E-state index in [4.69, 9.17) is 21.7 Å². The van der Waals surface area contributed by atoms with Gasteiger partial charge in [-0.1, -0.05) is 44.2 Å². The highest BCUT2D eigenvalue weighted by molar-refractivity contribution is 6.11. The molecule has 6 nitrogen and oxygen atoms in total. The minimum Gasteiger partial charge on any atom is -0.478 e. The van der Waals surface area contributed by atoms with Gasteiger partial charge < -0.3 is 21.7 Å². The summed E-state index contributed by atoms with van der Waals surface area (Å²) in [4.78, 5) is 22.0. The van der Waals surface area contributed by atoms with Crippen molar-refractivity contribution in [2.75, 3.05) is 13.1 Å². The van der Waals surface area contributed by atoms with E-state index < -0.39 is 11.9 Å². The zero-order chi connectivity index (χ0) is 17.1. The van der Waals surface area contributed by atoms with Crippen LogP contribution in [0.4, 0.5) is 0 Å². The van der Waals surface area contributed by atoms with Gasteiger partial charge in [-0.3, -0.25) is 0 Å². The fourth-order valence-corrected chi connectivity index (χ4v) is 1.68. The summed E-state index contributed by atoms with van der Waals surface area (Å²) in [6.45, 7) is 5.31. The van der Waals surface area contributed by atoms with Crippen LogP contribution in [0, 0.1) is 0 Å². The van der Waals surface area contributed by atoms with Gasteiger partial charge in [0.15, 0.2) is 0 Å². The third kappa shape index (κ3) is 5.51. The smallest absolute Gasteiger partial charge is 0.337 e. The molecule has 22 heavy (non-hydrogen) atoms. The summed E-state index contributed by atoms with van der Waals surface area (Å²) in [5.41, 5.74) is 9.34. The summed E-state index contributed by atoms with van der Waals surface area (Å²) >= 11 is 0. The molecule has 0 atom stereocenters. The first kappa shape index (κ1) is 19.6. The van der Waals surface area contributed by atoms with Crippen LogP contribution in [0.25, 0.3) is 10.8 Å². The number of nitrogens with two attached hydrogens (primary N) is 2. The molecule has 0 aliphatic heterocycles. The first-order valence-corrected chi connectivity index (χ1v) is 6.82. The Morgan fingerprint density at radius 2 is 1.41 bits per heavy atom. The molecule has 0 bridgehead atoms. The second-order valence-corrected chi connectivity index (χ2v) is 4.14. The molecule has 0 saturated heterocycles. The predicted octanol–water partition coefficient (Wildman–Crippen LogP) is 2.17. The van der Waals surface area contributed by atoms with E-state index in [0.717, 1.165) is 13.1 Å². The summed E-state index contributed by atoms with van der Waals surface area (Å²) in [5.74, 6) is -2.46. The number of fused-ring (bicyclic) bond motifs is 1. The summed E-state index contributed by atoms with van der Waals surface area (Å²) in [7, 11) is 0. The van der Waals surface area contributed by atoms with Crippen molar-refractivity contribution in [3.8, 4) is 0 Å². The average Bonchev–Trinajstić information content (AvgIpc) is 2.47. The molecule has 0 aliphatic rings. The number of aromatic carboxylic acids is 2. The largest absolute Gasteiger partial charge is 0.478 e. The van der Waals surface area contributed by atoms with E-state index in [9.17, 15) is 9.59 Å². The van der Waals surface area contributed by atoms with Gasteiger partial charge in [-0.15, -0.1) is 0 Å². The van der Waals surface area contributed by atoms with Crippen molar-refractivity contribution in [2.45, 2.75) is 13.8 Å². The van der Waals surface area contributed by atoms with Crippen LogP contribution in [0.3, 0.4) is 0 Å². The van der Waals surface area contributed by atoms with Gasteiger partial charge in [-0.05, 0) is 29.9 Å². The van der Waals surface area contributed by atoms with Gasteiger partial charge in [0.05, 0.1) is 11.1 Å².